The number of carboxylic acid groups (broad SMARTS) is 1. The molecule has 1 aliphatic heterocycles. The van der Waals surface area contributed by atoms with Crippen molar-refractivity contribution in [1.29, 1.82) is 0 Å². The Labute approximate surface area is 132 Å². The van der Waals surface area contributed by atoms with Crippen LogP contribution in [0.4, 0.5) is 0 Å². The summed E-state index contributed by atoms with van der Waals surface area (Å²) < 4.78 is 0. The van der Waals surface area contributed by atoms with E-state index in [1.807, 2.05) is 12.4 Å². The second kappa shape index (κ2) is 8.63. The van der Waals surface area contributed by atoms with Gasteiger partial charge in [-0.1, -0.05) is 0 Å². The molecule has 1 aromatic heterocycles. The predicted octanol–water partition coefficient (Wildman–Crippen LogP) is 2.91. The van der Waals surface area contributed by atoms with Crippen LogP contribution in [0.2, 0.25) is 0 Å². The fourth-order valence-corrected chi connectivity index (χ4v) is 2.57. The zero-order valence-corrected chi connectivity index (χ0v) is 13.9. The van der Waals surface area contributed by atoms with E-state index in [0.717, 1.165) is 0 Å². The number of aryl methyl sites for hydroxylation is 1. The number of aromatic nitrogens is 1. The summed E-state index contributed by atoms with van der Waals surface area (Å²) >= 11 is 0. The molecule has 22 heavy (non-hydrogen) atoms. The van der Waals surface area contributed by atoms with E-state index in [0.29, 0.717) is 6.04 Å². The first-order valence-corrected chi connectivity index (χ1v) is 7.65. The van der Waals surface area contributed by atoms with E-state index in [1.54, 1.807) is 0 Å². The number of carbonyl (C=O) groups is 2. The van der Waals surface area contributed by atoms with Gasteiger partial charge in [0.25, 0.3) is 0 Å². The maximum atomic E-state index is 10.1. The Morgan fingerprint density at radius 2 is 2.00 bits per heavy atom. The van der Waals surface area contributed by atoms with Crippen LogP contribution in [0.25, 0.3) is 0 Å². The van der Waals surface area contributed by atoms with Crippen molar-refractivity contribution in [2.24, 2.45) is 0 Å². The molecule has 1 aromatic rings. The summed E-state index contributed by atoms with van der Waals surface area (Å²) in [5.74, 6) is -0.993. The number of carboxylic acids is 1. The van der Waals surface area contributed by atoms with E-state index >= 15 is 0 Å². The average Bonchev–Trinajstić information content (AvgIpc) is 2.86. The summed E-state index contributed by atoms with van der Waals surface area (Å²) in [5, 5.41) is 8.01. The van der Waals surface area contributed by atoms with Crippen LogP contribution in [-0.2, 0) is 9.59 Å². The third-order valence-corrected chi connectivity index (χ3v) is 4.08. The first kappa shape index (κ1) is 18.3. The second-order valence-electron chi connectivity index (χ2n) is 5.91. The molecule has 0 radical (unpaired) electrons. The number of nitrogens with zero attached hydrogens (tertiary/aromatic N) is 2. The fourth-order valence-electron chi connectivity index (χ4n) is 2.57. The molecule has 122 valence electrons. The first-order chi connectivity index (χ1) is 10.3. The molecule has 0 bridgehead atoms. The van der Waals surface area contributed by atoms with Gasteiger partial charge < -0.3 is 9.90 Å². The highest BCUT2D eigenvalue weighted by Crippen LogP contribution is 2.32. The van der Waals surface area contributed by atoms with Gasteiger partial charge in [-0.05, 0) is 63.9 Å². The number of pyridine rings is 1. The van der Waals surface area contributed by atoms with Crippen LogP contribution >= 0.6 is 0 Å². The first-order valence-electron chi connectivity index (χ1n) is 7.65. The smallest absolute Gasteiger partial charge is 0.303 e. The molecular formula is C17H26N2O3. The molecule has 5 nitrogen and oxygen atoms in total. The monoisotopic (exact) mass is 306 g/mol. The molecule has 1 N–H and O–H groups in total. The average molecular weight is 306 g/mol. The van der Waals surface area contributed by atoms with Crippen LogP contribution in [-0.4, -0.2) is 40.3 Å². The molecule has 1 saturated heterocycles. The van der Waals surface area contributed by atoms with Gasteiger partial charge in [0.05, 0.1) is 6.42 Å². The summed E-state index contributed by atoms with van der Waals surface area (Å²) in [6.07, 6.45) is 6.68. The van der Waals surface area contributed by atoms with Crippen LogP contribution in [0.1, 0.15) is 55.3 Å². The Balaban J connectivity index is 0.000000261. The van der Waals surface area contributed by atoms with Crippen molar-refractivity contribution in [2.45, 2.75) is 52.5 Å². The summed E-state index contributed by atoms with van der Waals surface area (Å²) in [5.41, 5.74) is 4.14. The number of likely N-dealkylation sites (tertiary alicyclic amines) is 1. The highest BCUT2D eigenvalue weighted by atomic mass is 16.4. The Bertz CT molecular complexity index is 515. The number of Topliss-reactive ketones (excluding diaryl/α,β-unsaturated/α-hetero) is 1. The molecule has 2 rings (SSSR count). The van der Waals surface area contributed by atoms with Crippen molar-refractivity contribution in [3.8, 4) is 0 Å². The van der Waals surface area contributed by atoms with Gasteiger partial charge in [0.15, 0.2) is 0 Å². The molecule has 1 aliphatic rings. The van der Waals surface area contributed by atoms with Crippen molar-refractivity contribution >= 4 is 11.8 Å². The van der Waals surface area contributed by atoms with E-state index in [2.05, 4.69) is 30.8 Å². The molecule has 2 heterocycles. The molecule has 1 fully saturated rings. The number of hydrogen-bond acceptors (Lipinski definition) is 4. The van der Waals surface area contributed by atoms with Gasteiger partial charge in [-0.25, -0.2) is 0 Å². The zero-order valence-electron chi connectivity index (χ0n) is 13.9. The molecular weight excluding hydrogens is 280 g/mol. The van der Waals surface area contributed by atoms with Crippen molar-refractivity contribution < 1.29 is 14.7 Å². The largest absolute Gasteiger partial charge is 0.481 e. The summed E-state index contributed by atoms with van der Waals surface area (Å²) in [4.78, 5) is 26.6. The van der Waals surface area contributed by atoms with E-state index < -0.39 is 5.97 Å². The summed E-state index contributed by atoms with van der Waals surface area (Å²) in [6, 6.07) is 0.599. The molecule has 0 spiro atoms. The third-order valence-electron chi connectivity index (χ3n) is 4.08. The number of rotatable bonds is 4. The number of aliphatic carboxylic acids is 1. The Morgan fingerprint density at radius 3 is 2.45 bits per heavy atom. The van der Waals surface area contributed by atoms with Crippen LogP contribution in [0.3, 0.4) is 0 Å². The van der Waals surface area contributed by atoms with Crippen molar-refractivity contribution in [1.82, 2.24) is 9.88 Å². The lowest BCUT2D eigenvalue weighted by atomic mass is 9.99. The lowest BCUT2D eigenvalue weighted by Crippen LogP contribution is -2.18. The normalized spacial score (nSPS) is 17.7. The van der Waals surface area contributed by atoms with Crippen LogP contribution in [0.15, 0.2) is 12.4 Å². The van der Waals surface area contributed by atoms with Crippen LogP contribution in [0.5, 0.6) is 0 Å². The lowest BCUT2D eigenvalue weighted by Gasteiger charge is -2.21. The van der Waals surface area contributed by atoms with E-state index in [1.165, 1.54) is 43.0 Å². The molecule has 0 aromatic carbocycles. The highest BCUT2D eigenvalue weighted by molar-refractivity contribution is 5.80. The SMILES string of the molecule is CC(=O)CCC(=O)O.Cc1cncc([C@@H]2CCCN2C)c1C. The van der Waals surface area contributed by atoms with Gasteiger partial charge in [-0.15, -0.1) is 0 Å². The van der Waals surface area contributed by atoms with Crippen LogP contribution < -0.4 is 0 Å². The lowest BCUT2D eigenvalue weighted by molar-refractivity contribution is -0.138. The second-order valence-corrected chi connectivity index (χ2v) is 5.91. The maximum absolute atomic E-state index is 10.1. The van der Waals surface area contributed by atoms with Gasteiger partial charge >= 0.3 is 5.97 Å². The summed E-state index contributed by atoms with van der Waals surface area (Å²) in [6.45, 7) is 6.94. The van der Waals surface area contributed by atoms with Gasteiger partial charge in [0.2, 0.25) is 0 Å². The number of hydrogen-bond donors (Lipinski definition) is 1. The van der Waals surface area contributed by atoms with Gasteiger partial charge in [0.1, 0.15) is 5.78 Å². The quantitative estimate of drug-likeness (QED) is 0.926. The molecule has 0 amide bonds. The van der Waals surface area contributed by atoms with Crippen LogP contribution in [0, 0.1) is 13.8 Å². The minimum Gasteiger partial charge on any atom is -0.481 e. The number of carbonyl (C=O) groups excluding carboxylic acids is 1. The standard InChI is InChI=1S/C12H18N2.C5H8O3/c1-9-7-13-8-11(10(9)2)12-5-4-6-14(12)3;1-4(6)2-3-5(7)8/h7-8,12H,4-6H2,1-3H3;2-3H2,1H3,(H,7,8)/t12-;/m0./s1. The minimum absolute atomic E-state index is 0.0463. The Kier molecular flexibility index (Phi) is 7.18. The molecule has 0 unspecified atom stereocenters. The van der Waals surface area contributed by atoms with Crippen molar-refractivity contribution in [3.05, 3.63) is 29.1 Å². The maximum Gasteiger partial charge on any atom is 0.303 e. The third kappa shape index (κ3) is 5.56. The molecule has 5 heteroatoms. The minimum atomic E-state index is -0.916. The highest BCUT2D eigenvalue weighted by Gasteiger charge is 2.24. The van der Waals surface area contributed by atoms with Crippen molar-refractivity contribution in [2.75, 3.05) is 13.6 Å². The zero-order chi connectivity index (χ0) is 16.7. The van der Waals surface area contributed by atoms with E-state index in [-0.39, 0.29) is 18.6 Å². The van der Waals surface area contributed by atoms with Gasteiger partial charge in [0, 0.05) is 24.9 Å². The van der Waals surface area contributed by atoms with Gasteiger partial charge in [-0.2, -0.15) is 0 Å². The summed E-state index contributed by atoms with van der Waals surface area (Å²) in [7, 11) is 2.21. The topological polar surface area (TPSA) is 70.5 Å². The predicted molar refractivity (Wildman–Crippen MR) is 85.9 cm³/mol. The van der Waals surface area contributed by atoms with E-state index in [9.17, 15) is 9.59 Å². The molecule has 0 saturated carbocycles. The fraction of sp³-hybridized carbons (Fsp3) is 0.588. The van der Waals surface area contributed by atoms with Gasteiger partial charge in [-0.3, -0.25) is 14.7 Å². The van der Waals surface area contributed by atoms with Crippen molar-refractivity contribution in [3.63, 3.8) is 0 Å². The van der Waals surface area contributed by atoms with E-state index in [4.69, 9.17) is 5.11 Å². The number of ketones is 1. The Morgan fingerprint density at radius 1 is 1.32 bits per heavy atom. The molecule has 1 atom stereocenters. The molecule has 0 aliphatic carbocycles. The Hall–Kier alpha value is -1.75.